The van der Waals surface area contributed by atoms with Crippen molar-refractivity contribution in [3.8, 4) is 0 Å². The van der Waals surface area contributed by atoms with Crippen LogP contribution in [0.5, 0.6) is 0 Å². The lowest BCUT2D eigenvalue weighted by molar-refractivity contribution is -0.137. The molecule has 1 heterocycles. The summed E-state index contributed by atoms with van der Waals surface area (Å²) in [7, 11) is 0. The van der Waals surface area contributed by atoms with E-state index in [1.54, 1.807) is 11.8 Å². The smallest absolute Gasteiger partial charge is 0.378 e. The lowest BCUT2D eigenvalue weighted by atomic mass is 9.96. The Morgan fingerprint density at radius 3 is 2.38 bits per heavy atom. The summed E-state index contributed by atoms with van der Waals surface area (Å²) in [6.07, 6.45) is -4.00. The molecule has 0 unspecified atom stereocenters. The van der Waals surface area contributed by atoms with Crippen LogP contribution in [0, 0.1) is 0 Å². The normalized spacial score (nSPS) is 16.2. The molecule has 2 rings (SSSR count). The molecular formula is C18H23F3N2O3. The molecule has 1 fully saturated rings. The van der Waals surface area contributed by atoms with Gasteiger partial charge in [-0.25, -0.2) is 0 Å². The predicted molar refractivity (Wildman–Crippen MR) is 89.5 cm³/mol. The average molecular weight is 372 g/mol. The lowest BCUT2D eigenvalue weighted by Crippen LogP contribution is -2.42. The maximum atomic E-state index is 12.6. The molecule has 1 saturated heterocycles. The maximum Gasteiger partial charge on any atom is 0.416 e. The van der Waals surface area contributed by atoms with Gasteiger partial charge in [0.1, 0.15) is 0 Å². The molecule has 0 saturated carbocycles. The molecule has 0 spiro atoms. The summed E-state index contributed by atoms with van der Waals surface area (Å²) < 4.78 is 42.9. The van der Waals surface area contributed by atoms with Crippen LogP contribution in [0.1, 0.15) is 36.8 Å². The minimum Gasteiger partial charge on any atom is -0.378 e. The molecule has 0 aromatic heterocycles. The van der Waals surface area contributed by atoms with Gasteiger partial charge in [-0.3, -0.25) is 9.59 Å². The van der Waals surface area contributed by atoms with E-state index in [-0.39, 0.29) is 37.1 Å². The van der Waals surface area contributed by atoms with Crippen molar-refractivity contribution in [2.45, 2.75) is 31.9 Å². The van der Waals surface area contributed by atoms with Crippen LogP contribution in [0.4, 0.5) is 13.2 Å². The summed E-state index contributed by atoms with van der Waals surface area (Å²) in [6.45, 7) is 4.22. The second kappa shape index (κ2) is 9.02. The van der Waals surface area contributed by atoms with E-state index < -0.39 is 11.7 Å². The third-order valence-corrected chi connectivity index (χ3v) is 4.32. The first-order valence-electron chi connectivity index (χ1n) is 8.56. The van der Waals surface area contributed by atoms with Crippen molar-refractivity contribution in [1.29, 1.82) is 0 Å². The Bertz CT molecular complexity index is 611. The molecule has 1 aromatic rings. The first kappa shape index (κ1) is 20.2. The summed E-state index contributed by atoms with van der Waals surface area (Å²) in [6, 6.07) is 4.82. The van der Waals surface area contributed by atoms with Gasteiger partial charge in [0.15, 0.2) is 0 Å². The maximum absolute atomic E-state index is 12.6. The van der Waals surface area contributed by atoms with Gasteiger partial charge in [0.2, 0.25) is 11.8 Å². The monoisotopic (exact) mass is 372 g/mol. The number of nitrogens with zero attached hydrogens (tertiary/aromatic N) is 1. The number of hydrogen-bond donors (Lipinski definition) is 1. The van der Waals surface area contributed by atoms with E-state index in [1.165, 1.54) is 12.1 Å². The van der Waals surface area contributed by atoms with Crippen LogP contribution in [-0.2, 0) is 20.5 Å². The largest absolute Gasteiger partial charge is 0.416 e. The molecule has 1 aliphatic heterocycles. The number of halogens is 3. The zero-order valence-corrected chi connectivity index (χ0v) is 14.6. The number of alkyl halides is 3. The van der Waals surface area contributed by atoms with E-state index in [4.69, 9.17) is 4.74 Å². The van der Waals surface area contributed by atoms with Crippen LogP contribution < -0.4 is 5.32 Å². The van der Waals surface area contributed by atoms with Gasteiger partial charge in [-0.05, 0) is 23.6 Å². The van der Waals surface area contributed by atoms with Crippen molar-refractivity contribution in [2.75, 3.05) is 32.8 Å². The van der Waals surface area contributed by atoms with Gasteiger partial charge < -0.3 is 15.0 Å². The van der Waals surface area contributed by atoms with Crippen LogP contribution in [0.25, 0.3) is 0 Å². The zero-order chi connectivity index (χ0) is 19.2. The fourth-order valence-electron chi connectivity index (χ4n) is 2.75. The van der Waals surface area contributed by atoms with E-state index in [2.05, 4.69) is 5.32 Å². The minimum atomic E-state index is -4.37. The van der Waals surface area contributed by atoms with Crippen LogP contribution in [0.3, 0.4) is 0 Å². The van der Waals surface area contributed by atoms with Crippen molar-refractivity contribution in [3.63, 3.8) is 0 Å². The number of nitrogens with one attached hydrogen (secondary N) is 1. The average Bonchev–Trinajstić information content (AvgIpc) is 2.61. The highest BCUT2D eigenvalue weighted by atomic mass is 19.4. The lowest BCUT2D eigenvalue weighted by Gasteiger charge is -2.26. The van der Waals surface area contributed by atoms with Gasteiger partial charge in [0, 0.05) is 32.5 Å². The molecular weight excluding hydrogens is 349 g/mol. The van der Waals surface area contributed by atoms with E-state index in [0.29, 0.717) is 31.9 Å². The summed E-state index contributed by atoms with van der Waals surface area (Å²) in [4.78, 5) is 25.6. The molecule has 26 heavy (non-hydrogen) atoms. The fraction of sp³-hybridized carbons (Fsp3) is 0.556. The molecule has 2 amide bonds. The Hall–Kier alpha value is -2.09. The number of rotatable bonds is 6. The fourth-order valence-corrected chi connectivity index (χ4v) is 2.75. The van der Waals surface area contributed by atoms with Crippen molar-refractivity contribution in [2.24, 2.45) is 0 Å². The molecule has 0 aliphatic carbocycles. The van der Waals surface area contributed by atoms with E-state index in [0.717, 1.165) is 12.1 Å². The summed E-state index contributed by atoms with van der Waals surface area (Å²) in [5, 5.41) is 2.69. The van der Waals surface area contributed by atoms with Gasteiger partial charge in [-0.1, -0.05) is 19.1 Å². The van der Waals surface area contributed by atoms with Gasteiger partial charge in [-0.2, -0.15) is 13.2 Å². The van der Waals surface area contributed by atoms with Crippen LogP contribution in [-0.4, -0.2) is 49.6 Å². The number of benzene rings is 1. The number of hydrogen-bond acceptors (Lipinski definition) is 3. The zero-order valence-electron chi connectivity index (χ0n) is 14.6. The highest BCUT2D eigenvalue weighted by molar-refractivity contribution is 5.79. The van der Waals surface area contributed by atoms with Crippen molar-refractivity contribution in [1.82, 2.24) is 10.2 Å². The molecule has 144 valence electrons. The number of morpholine rings is 1. The Labute approximate surface area is 150 Å². The molecule has 0 radical (unpaired) electrons. The molecule has 1 aromatic carbocycles. The Morgan fingerprint density at radius 2 is 1.81 bits per heavy atom. The van der Waals surface area contributed by atoms with Gasteiger partial charge >= 0.3 is 6.18 Å². The van der Waals surface area contributed by atoms with Crippen LogP contribution >= 0.6 is 0 Å². The Kier molecular flexibility index (Phi) is 7.02. The predicted octanol–water partition coefficient (Wildman–Crippen LogP) is 2.56. The second-order valence-electron chi connectivity index (χ2n) is 6.32. The SMILES string of the molecule is C[C@H](CC(=O)NCCC(=O)N1CCOCC1)c1ccc(C(F)(F)F)cc1. The van der Waals surface area contributed by atoms with Gasteiger partial charge in [0.05, 0.1) is 18.8 Å². The van der Waals surface area contributed by atoms with Crippen molar-refractivity contribution in [3.05, 3.63) is 35.4 Å². The number of carbonyl (C=O) groups excluding carboxylic acids is 2. The summed E-state index contributed by atoms with van der Waals surface area (Å²) >= 11 is 0. The van der Waals surface area contributed by atoms with Crippen molar-refractivity contribution >= 4 is 11.8 Å². The summed E-state index contributed by atoms with van der Waals surface area (Å²) in [5.41, 5.74) is -0.0444. The standard InChI is InChI=1S/C18H23F3N2O3/c1-13(14-2-4-15(5-3-14)18(19,20)21)12-16(24)22-7-6-17(25)23-8-10-26-11-9-23/h2-5,13H,6-12H2,1H3,(H,22,24)/t13-/m1/s1. The third-order valence-electron chi connectivity index (χ3n) is 4.32. The molecule has 1 atom stereocenters. The highest BCUT2D eigenvalue weighted by Gasteiger charge is 2.30. The number of carbonyl (C=O) groups is 2. The first-order valence-corrected chi connectivity index (χ1v) is 8.56. The number of amides is 2. The minimum absolute atomic E-state index is 0.0237. The highest BCUT2D eigenvalue weighted by Crippen LogP contribution is 2.30. The Balaban J connectivity index is 1.73. The third kappa shape index (κ3) is 6.01. The topological polar surface area (TPSA) is 58.6 Å². The molecule has 8 heteroatoms. The van der Waals surface area contributed by atoms with Crippen molar-refractivity contribution < 1.29 is 27.5 Å². The van der Waals surface area contributed by atoms with Crippen LogP contribution in [0.15, 0.2) is 24.3 Å². The van der Waals surface area contributed by atoms with Crippen LogP contribution in [0.2, 0.25) is 0 Å². The summed E-state index contributed by atoms with van der Waals surface area (Å²) in [5.74, 6) is -0.469. The Morgan fingerprint density at radius 1 is 1.19 bits per heavy atom. The molecule has 5 nitrogen and oxygen atoms in total. The second-order valence-corrected chi connectivity index (χ2v) is 6.32. The molecule has 0 bridgehead atoms. The quantitative estimate of drug-likeness (QED) is 0.835. The van der Waals surface area contributed by atoms with E-state index in [9.17, 15) is 22.8 Å². The molecule has 1 N–H and O–H groups in total. The van der Waals surface area contributed by atoms with Gasteiger partial charge in [-0.15, -0.1) is 0 Å². The van der Waals surface area contributed by atoms with Gasteiger partial charge in [0.25, 0.3) is 0 Å². The number of ether oxygens (including phenoxy) is 1. The molecule has 1 aliphatic rings. The van der Waals surface area contributed by atoms with E-state index in [1.807, 2.05) is 0 Å². The first-order chi connectivity index (χ1) is 12.3. The van der Waals surface area contributed by atoms with E-state index >= 15 is 0 Å².